The number of hydrazine groups is 1. The molecule has 0 aliphatic carbocycles. The molecule has 0 radical (unpaired) electrons. The summed E-state index contributed by atoms with van der Waals surface area (Å²) in [5.41, 5.74) is 8.27. The van der Waals surface area contributed by atoms with Gasteiger partial charge in [-0.25, -0.2) is 8.42 Å². The zero-order valence-corrected chi connectivity index (χ0v) is 25.1. The van der Waals surface area contributed by atoms with Crippen molar-refractivity contribution in [3.63, 3.8) is 0 Å². The normalized spacial score (nSPS) is 15.8. The van der Waals surface area contributed by atoms with E-state index in [4.69, 9.17) is 5.73 Å². The van der Waals surface area contributed by atoms with E-state index in [1.165, 1.54) is 47.1 Å². The van der Waals surface area contributed by atoms with Crippen LogP contribution in [0.5, 0.6) is 11.5 Å². The molecular weight excluding hydrogens is 618 g/mol. The Bertz CT molecular complexity index is 2000. The number of hydrogen-bond donors (Lipinski definition) is 3. The van der Waals surface area contributed by atoms with Crippen molar-refractivity contribution in [2.45, 2.75) is 36.6 Å². The van der Waals surface area contributed by atoms with Crippen LogP contribution in [0.25, 0.3) is 28.1 Å². The van der Waals surface area contributed by atoms with E-state index < -0.39 is 33.3 Å². The molecule has 45 heavy (non-hydrogen) atoms. The van der Waals surface area contributed by atoms with Gasteiger partial charge in [0.25, 0.3) is 0 Å². The third-order valence-corrected chi connectivity index (χ3v) is 8.63. The Balaban J connectivity index is 1.56. The molecule has 6 rings (SSSR count). The Morgan fingerprint density at radius 3 is 2.40 bits per heavy atom. The van der Waals surface area contributed by atoms with Crippen LogP contribution in [0.3, 0.4) is 0 Å². The van der Waals surface area contributed by atoms with Gasteiger partial charge in [0.2, 0.25) is 0 Å². The van der Waals surface area contributed by atoms with Crippen LogP contribution in [0.15, 0.2) is 71.8 Å². The Kier molecular flexibility index (Phi) is 6.64. The number of ether oxygens (including phenoxy) is 2. The van der Waals surface area contributed by atoms with Crippen molar-refractivity contribution in [2.24, 2.45) is 12.8 Å². The second-order valence-corrected chi connectivity index (χ2v) is 13.2. The number of nitrogens with zero attached hydrogens (tertiary/aromatic N) is 3. The SMILES string of the molecule is Cn1nc(C(F)(F)C(C)(C)O)c2c1-c1ccc(-c3cccc(S(C)(=O)=O)c3)cc1N(/C(=C\N)c1ccc3c(c1)OC(F)(F)O3)N2. The fourth-order valence-electron chi connectivity index (χ4n) is 5.22. The molecule has 0 amide bonds. The molecule has 15 heteroatoms. The lowest BCUT2D eigenvalue weighted by Gasteiger charge is -2.36. The van der Waals surface area contributed by atoms with Crippen molar-refractivity contribution >= 4 is 26.9 Å². The highest BCUT2D eigenvalue weighted by atomic mass is 32.2. The fourth-order valence-corrected chi connectivity index (χ4v) is 5.89. The molecule has 0 unspecified atom stereocenters. The number of hydrogen-bond acceptors (Lipinski definition) is 9. The molecule has 236 valence electrons. The molecule has 3 aromatic carbocycles. The highest BCUT2D eigenvalue weighted by Crippen LogP contribution is 2.51. The van der Waals surface area contributed by atoms with Gasteiger partial charge in [0.05, 0.1) is 22.0 Å². The summed E-state index contributed by atoms with van der Waals surface area (Å²) in [6.45, 7) is 1.93. The summed E-state index contributed by atoms with van der Waals surface area (Å²) in [7, 11) is -2.05. The Morgan fingerprint density at radius 2 is 1.73 bits per heavy atom. The van der Waals surface area contributed by atoms with Gasteiger partial charge in [-0.05, 0) is 67.4 Å². The summed E-state index contributed by atoms with van der Waals surface area (Å²) < 4.78 is 93.7. The Morgan fingerprint density at radius 1 is 1.04 bits per heavy atom. The summed E-state index contributed by atoms with van der Waals surface area (Å²) in [5.74, 6) is -4.30. The number of sulfone groups is 1. The van der Waals surface area contributed by atoms with Crippen LogP contribution >= 0.6 is 0 Å². The molecule has 4 aromatic rings. The molecule has 0 saturated carbocycles. The maximum atomic E-state index is 15.6. The molecule has 1 aromatic heterocycles. The summed E-state index contributed by atoms with van der Waals surface area (Å²) in [4.78, 5) is 0.0971. The van der Waals surface area contributed by atoms with Crippen molar-refractivity contribution < 1.29 is 40.6 Å². The van der Waals surface area contributed by atoms with Crippen LogP contribution in [0.2, 0.25) is 0 Å². The van der Waals surface area contributed by atoms with Gasteiger partial charge in [0.15, 0.2) is 27.0 Å². The van der Waals surface area contributed by atoms with E-state index in [1.807, 2.05) is 0 Å². The first-order chi connectivity index (χ1) is 20.9. The van der Waals surface area contributed by atoms with E-state index >= 15 is 8.78 Å². The smallest absolute Gasteiger partial charge is 0.403 e. The van der Waals surface area contributed by atoms with E-state index in [0.29, 0.717) is 22.4 Å². The summed E-state index contributed by atoms with van der Waals surface area (Å²) in [5, 5.41) is 15.8. The highest BCUT2D eigenvalue weighted by molar-refractivity contribution is 7.90. The van der Waals surface area contributed by atoms with Crippen molar-refractivity contribution in [2.75, 3.05) is 16.7 Å². The van der Waals surface area contributed by atoms with Crippen LogP contribution in [0, 0.1) is 0 Å². The summed E-state index contributed by atoms with van der Waals surface area (Å²) in [6.07, 6.45) is -1.63. The second kappa shape index (κ2) is 9.87. The highest BCUT2D eigenvalue weighted by Gasteiger charge is 2.52. The Hall–Kier alpha value is -4.76. The lowest BCUT2D eigenvalue weighted by Crippen LogP contribution is -2.42. The van der Waals surface area contributed by atoms with Gasteiger partial charge < -0.3 is 20.3 Å². The van der Waals surface area contributed by atoms with Gasteiger partial charge in [0.1, 0.15) is 11.3 Å². The van der Waals surface area contributed by atoms with E-state index in [9.17, 15) is 22.3 Å². The second-order valence-electron chi connectivity index (χ2n) is 11.2. The number of benzene rings is 3. The van der Waals surface area contributed by atoms with Crippen molar-refractivity contribution in [3.8, 4) is 33.9 Å². The molecule has 0 saturated heterocycles. The van der Waals surface area contributed by atoms with Crippen LogP contribution in [-0.2, 0) is 22.8 Å². The number of alkyl halides is 4. The minimum absolute atomic E-state index is 0.0971. The maximum Gasteiger partial charge on any atom is 0.586 e. The van der Waals surface area contributed by atoms with Crippen LogP contribution in [0.1, 0.15) is 25.1 Å². The minimum Gasteiger partial charge on any atom is -0.403 e. The van der Waals surface area contributed by atoms with E-state index in [0.717, 1.165) is 26.3 Å². The zero-order valence-electron chi connectivity index (χ0n) is 24.3. The number of nitrogens with two attached hydrogens (primary N) is 1. The van der Waals surface area contributed by atoms with Gasteiger partial charge in [-0.1, -0.05) is 18.2 Å². The predicted octanol–water partition coefficient (Wildman–Crippen LogP) is 5.45. The maximum absolute atomic E-state index is 15.6. The minimum atomic E-state index is -3.87. The molecule has 0 fully saturated rings. The number of halogens is 4. The lowest BCUT2D eigenvalue weighted by molar-refractivity contribution is -0.286. The molecule has 10 nitrogen and oxygen atoms in total. The number of anilines is 2. The van der Waals surface area contributed by atoms with Gasteiger partial charge in [-0.15, -0.1) is 8.78 Å². The Labute approximate surface area is 255 Å². The van der Waals surface area contributed by atoms with Crippen LogP contribution in [0.4, 0.5) is 28.9 Å². The topological polar surface area (TPSA) is 132 Å². The molecular formula is C30H27F4N5O5S. The monoisotopic (exact) mass is 645 g/mol. The van der Waals surface area contributed by atoms with Crippen LogP contribution in [-0.4, -0.2) is 41.5 Å². The number of aromatic nitrogens is 2. The molecule has 0 spiro atoms. The fraction of sp³-hybridized carbons (Fsp3) is 0.233. The third kappa shape index (κ3) is 5.01. The van der Waals surface area contributed by atoms with Gasteiger partial charge in [-0.2, -0.15) is 13.9 Å². The number of aryl methyl sites for hydroxylation is 1. The molecule has 4 N–H and O–H groups in total. The number of rotatable bonds is 6. The van der Waals surface area contributed by atoms with Gasteiger partial charge in [0, 0.05) is 30.6 Å². The molecule has 2 aliphatic heterocycles. The van der Waals surface area contributed by atoms with E-state index in [2.05, 4.69) is 20.0 Å². The number of fused-ring (bicyclic) bond motifs is 4. The van der Waals surface area contributed by atoms with Gasteiger partial charge >= 0.3 is 12.2 Å². The van der Waals surface area contributed by atoms with Crippen molar-refractivity contribution in [1.29, 1.82) is 0 Å². The average Bonchev–Trinajstić information content (AvgIpc) is 3.46. The lowest BCUT2D eigenvalue weighted by atomic mass is 9.94. The molecule has 0 bridgehead atoms. The van der Waals surface area contributed by atoms with Crippen LogP contribution < -0.4 is 25.6 Å². The quantitative estimate of drug-likeness (QED) is 0.235. The first kappa shape index (κ1) is 30.3. The van der Waals surface area contributed by atoms with Crippen molar-refractivity contribution in [1.82, 2.24) is 9.78 Å². The standard InChI is InChI=1S/C30H27F4N5O5S/c1-28(2,40)29(31,32)27-25-26(38(3)37-27)20-10-8-17(16-6-5-7-19(12-16)45(4,41)42)13-21(20)39(36-25)22(15-35)18-9-11-23-24(14-18)44-30(33,34)43-23/h5-15,36,40H,35H2,1-4H3/b22-15-. The first-order valence-corrected chi connectivity index (χ1v) is 15.3. The molecule has 3 heterocycles. The number of aliphatic hydroxyl groups is 1. The molecule has 2 aliphatic rings. The summed E-state index contributed by atoms with van der Waals surface area (Å²) >= 11 is 0. The third-order valence-electron chi connectivity index (χ3n) is 7.52. The average molecular weight is 646 g/mol. The number of nitrogens with one attached hydrogen (secondary N) is 1. The van der Waals surface area contributed by atoms with Gasteiger partial charge in [-0.3, -0.25) is 15.1 Å². The largest absolute Gasteiger partial charge is 0.586 e. The van der Waals surface area contributed by atoms with E-state index in [-0.39, 0.29) is 39.0 Å². The first-order valence-electron chi connectivity index (χ1n) is 13.4. The predicted molar refractivity (Wildman–Crippen MR) is 158 cm³/mol. The van der Waals surface area contributed by atoms with Crippen molar-refractivity contribution in [3.05, 3.63) is 78.1 Å². The zero-order chi connectivity index (χ0) is 32.7. The summed E-state index contributed by atoms with van der Waals surface area (Å²) in [6, 6.07) is 15.3. The molecule has 0 atom stereocenters. The van der Waals surface area contributed by atoms with E-state index in [1.54, 1.807) is 30.3 Å².